The minimum absolute atomic E-state index is 0.00888. The van der Waals surface area contributed by atoms with E-state index in [1.165, 1.54) is 0 Å². The molecule has 3 rings (SSSR count). The van der Waals surface area contributed by atoms with E-state index < -0.39 is 6.04 Å². The summed E-state index contributed by atoms with van der Waals surface area (Å²) >= 11 is 6.23. The second-order valence-electron chi connectivity index (χ2n) is 9.29. The molecule has 36 heavy (non-hydrogen) atoms. The van der Waals surface area contributed by atoms with E-state index >= 15 is 0 Å². The van der Waals surface area contributed by atoms with E-state index in [-0.39, 0.29) is 31.0 Å². The fourth-order valence-corrected chi connectivity index (χ4v) is 4.28. The Kier molecular flexibility index (Phi) is 9.95. The van der Waals surface area contributed by atoms with Gasteiger partial charge in [-0.2, -0.15) is 0 Å². The molecule has 3 aromatic rings. The summed E-state index contributed by atoms with van der Waals surface area (Å²) in [4.78, 5) is 28.8. The lowest BCUT2D eigenvalue weighted by Gasteiger charge is -2.32. The summed E-state index contributed by atoms with van der Waals surface area (Å²) in [6, 6.07) is 22.2. The molecule has 2 atom stereocenters. The van der Waals surface area contributed by atoms with Gasteiger partial charge in [0.25, 0.3) is 5.91 Å². The van der Waals surface area contributed by atoms with Gasteiger partial charge in [-0.3, -0.25) is 9.59 Å². The highest BCUT2D eigenvalue weighted by molar-refractivity contribution is 6.30. The van der Waals surface area contributed by atoms with E-state index in [1.54, 1.807) is 11.0 Å². The largest absolute Gasteiger partial charge is 0.484 e. The normalized spacial score (nSPS) is 12.5. The van der Waals surface area contributed by atoms with Gasteiger partial charge in [0, 0.05) is 24.0 Å². The van der Waals surface area contributed by atoms with Crippen molar-refractivity contribution in [1.82, 2.24) is 10.2 Å². The molecular formula is C30H35ClN2O3. The summed E-state index contributed by atoms with van der Waals surface area (Å²) < 4.78 is 5.91. The van der Waals surface area contributed by atoms with Crippen LogP contribution in [0.3, 0.4) is 0 Å². The lowest BCUT2D eigenvalue weighted by molar-refractivity contribution is -0.143. The van der Waals surface area contributed by atoms with Gasteiger partial charge in [0.1, 0.15) is 11.8 Å². The smallest absolute Gasteiger partial charge is 0.261 e. The Morgan fingerprint density at radius 1 is 0.944 bits per heavy atom. The number of rotatable bonds is 11. The predicted molar refractivity (Wildman–Crippen MR) is 145 cm³/mol. The zero-order valence-electron chi connectivity index (χ0n) is 21.5. The average molecular weight is 507 g/mol. The van der Waals surface area contributed by atoms with Crippen LogP contribution in [0.15, 0.2) is 72.8 Å². The number of nitrogens with zero attached hydrogens (tertiary/aromatic N) is 1. The number of aryl methyl sites for hydroxylation is 2. The summed E-state index contributed by atoms with van der Waals surface area (Å²) in [6.07, 6.45) is 1.18. The van der Waals surface area contributed by atoms with Crippen LogP contribution in [-0.4, -0.2) is 35.4 Å². The Morgan fingerprint density at radius 3 is 2.25 bits per heavy atom. The first-order valence-corrected chi connectivity index (χ1v) is 12.7. The molecule has 0 heterocycles. The van der Waals surface area contributed by atoms with Crippen molar-refractivity contribution < 1.29 is 14.3 Å². The molecule has 5 nitrogen and oxygen atoms in total. The molecule has 0 bridgehead atoms. The van der Waals surface area contributed by atoms with Crippen molar-refractivity contribution in [1.29, 1.82) is 0 Å². The van der Waals surface area contributed by atoms with Crippen LogP contribution in [0.4, 0.5) is 0 Å². The van der Waals surface area contributed by atoms with Gasteiger partial charge in [-0.25, -0.2) is 0 Å². The van der Waals surface area contributed by atoms with Gasteiger partial charge in [-0.05, 0) is 73.7 Å². The van der Waals surface area contributed by atoms with Crippen molar-refractivity contribution in [2.75, 3.05) is 6.61 Å². The molecule has 1 N–H and O–H groups in total. The Bertz CT molecular complexity index is 1150. The molecule has 3 aromatic carbocycles. The summed E-state index contributed by atoms with van der Waals surface area (Å²) in [6.45, 7) is 8.02. The number of ether oxygens (including phenoxy) is 1. The first kappa shape index (κ1) is 27.3. The quantitative estimate of drug-likeness (QED) is 0.352. The van der Waals surface area contributed by atoms with E-state index in [4.69, 9.17) is 16.3 Å². The third kappa shape index (κ3) is 8.13. The second-order valence-corrected chi connectivity index (χ2v) is 9.72. The number of carbonyl (C=O) groups excluding carboxylic acids is 2. The standard InChI is InChI=1S/C30H35ClN2O3/c1-5-23(4)32-30(35)28(18-24-10-7-6-8-11-24)33(19-25-12-9-13-26(31)17-25)29(34)20-36-27-15-21(2)14-22(3)16-27/h6-17,23,28H,5,18-20H2,1-4H3,(H,32,35)/t23-,28+/m0/s1. The van der Waals surface area contributed by atoms with Crippen LogP contribution in [-0.2, 0) is 22.6 Å². The maximum atomic E-state index is 13.7. The second kappa shape index (κ2) is 13.1. The van der Waals surface area contributed by atoms with Crippen molar-refractivity contribution in [3.63, 3.8) is 0 Å². The van der Waals surface area contributed by atoms with Crippen LogP contribution in [0.1, 0.15) is 42.5 Å². The monoisotopic (exact) mass is 506 g/mol. The van der Waals surface area contributed by atoms with Crippen molar-refractivity contribution in [3.05, 3.63) is 100 Å². The molecule has 0 aliphatic rings. The van der Waals surface area contributed by atoms with Crippen LogP contribution in [0.2, 0.25) is 5.02 Å². The molecule has 0 unspecified atom stereocenters. The van der Waals surface area contributed by atoms with Crippen molar-refractivity contribution >= 4 is 23.4 Å². The number of halogens is 1. The highest BCUT2D eigenvalue weighted by atomic mass is 35.5. The third-order valence-electron chi connectivity index (χ3n) is 6.07. The van der Waals surface area contributed by atoms with Gasteiger partial charge in [0.05, 0.1) is 0 Å². The lowest BCUT2D eigenvalue weighted by atomic mass is 10.0. The van der Waals surface area contributed by atoms with E-state index in [9.17, 15) is 9.59 Å². The minimum Gasteiger partial charge on any atom is -0.484 e. The van der Waals surface area contributed by atoms with Gasteiger partial charge >= 0.3 is 0 Å². The number of amides is 2. The summed E-state index contributed by atoms with van der Waals surface area (Å²) in [5, 5.41) is 3.65. The van der Waals surface area contributed by atoms with Crippen LogP contribution < -0.4 is 10.1 Å². The summed E-state index contributed by atoms with van der Waals surface area (Å²) in [5.74, 6) is 0.177. The molecule has 0 aliphatic heterocycles. The first-order chi connectivity index (χ1) is 17.2. The number of benzene rings is 3. The van der Waals surface area contributed by atoms with Crippen LogP contribution in [0, 0.1) is 13.8 Å². The molecule has 0 aliphatic carbocycles. The van der Waals surface area contributed by atoms with Crippen LogP contribution in [0.5, 0.6) is 5.75 Å². The molecule has 0 saturated heterocycles. The zero-order chi connectivity index (χ0) is 26.1. The molecule has 0 radical (unpaired) electrons. The summed E-state index contributed by atoms with van der Waals surface area (Å²) in [7, 11) is 0. The van der Waals surface area contributed by atoms with E-state index in [0.717, 1.165) is 28.7 Å². The summed E-state index contributed by atoms with van der Waals surface area (Å²) in [5.41, 5.74) is 3.93. The molecule has 6 heteroatoms. The molecule has 2 amide bonds. The molecular weight excluding hydrogens is 472 g/mol. The number of hydrogen-bond donors (Lipinski definition) is 1. The van der Waals surface area contributed by atoms with Gasteiger partial charge < -0.3 is 15.0 Å². The maximum absolute atomic E-state index is 13.7. The van der Waals surface area contributed by atoms with Crippen LogP contribution >= 0.6 is 11.6 Å². The SMILES string of the molecule is CC[C@H](C)NC(=O)[C@@H](Cc1ccccc1)N(Cc1cccc(Cl)c1)C(=O)COc1cc(C)cc(C)c1. The Labute approximate surface area is 219 Å². The molecule has 0 spiro atoms. The topological polar surface area (TPSA) is 58.6 Å². The Hall–Kier alpha value is -3.31. The maximum Gasteiger partial charge on any atom is 0.261 e. The fourth-order valence-electron chi connectivity index (χ4n) is 4.07. The number of hydrogen-bond acceptors (Lipinski definition) is 3. The average Bonchev–Trinajstić information content (AvgIpc) is 2.84. The fraction of sp³-hybridized carbons (Fsp3) is 0.333. The number of nitrogens with one attached hydrogen (secondary N) is 1. The Balaban J connectivity index is 1.92. The van der Waals surface area contributed by atoms with Crippen molar-refractivity contribution in [2.45, 2.75) is 59.2 Å². The van der Waals surface area contributed by atoms with E-state index in [1.807, 2.05) is 88.4 Å². The lowest BCUT2D eigenvalue weighted by Crippen LogP contribution is -2.53. The first-order valence-electron chi connectivity index (χ1n) is 12.3. The molecule has 0 aromatic heterocycles. The predicted octanol–water partition coefficient (Wildman–Crippen LogP) is 5.89. The Morgan fingerprint density at radius 2 is 1.61 bits per heavy atom. The van der Waals surface area contributed by atoms with Gasteiger partial charge in [-0.1, -0.05) is 67.1 Å². The van der Waals surface area contributed by atoms with Gasteiger partial charge in [0.2, 0.25) is 5.91 Å². The molecule has 0 saturated carbocycles. The van der Waals surface area contributed by atoms with Gasteiger partial charge in [-0.15, -0.1) is 0 Å². The van der Waals surface area contributed by atoms with E-state index in [0.29, 0.717) is 17.2 Å². The van der Waals surface area contributed by atoms with Crippen molar-refractivity contribution in [3.8, 4) is 5.75 Å². The molecule has 190 valence electrons. The van der Waals surface area contributed by atoms with E-state index in [2.05, 4.69) is 11.4 Å². The third-order valence-corrected chi connectivity index (χ3v) is 6.31. The highest BCUT2D eigenvalue weighted by Crippen LogP contribution is 2.20. The highest BCUT2D eigenvalue weighted by Gasteiger charge is 2.31. The number of carbonyl (C=O) groups is 2. The zero-order valence-corrected chi connectivity index (χ0v) is 22.2. The van der Waals surface area contributed by atoms with Crippen molar-refractivity contribution in [2.24, 2.45) is 0 Å². The minimum atomic E-state index is -0.712. The van der Waals surface area contributed by atoms with Crippen LogP contribution in [0.25, 0.3) is 0 Å². The molecule has 0 fully saturated rings. The van der Waals surface area contributed by atoms with Gasteiger partial charge in [0.15, 0.2) is 6.61 Å².